The van der Waals surface area contributed by atoms with Crippen molar-refractivity contribution < 1.29 is 27.8 Å². The summed E-state index contributed by atoms with van der Waals surface area (Å²) in [5.74, 6) is -3.43. The number of ether oxygens (including phenoxy) is 2. The minimum absolute atomic E-state index is 0.0270. The summed E-state index contributed by atoms with van der Waals surface area (Å²) in [4.78, 5) is 24.9. The van der Waals surface area contributed by atoms with Gasteiger partial charge in [-0.25, -0.2) is 18.4 Å². The van der Waals surface area contributed by atoms with Gasteiger partial charge in [-0.3, -0.25) is 0 Å². The van der Waals surface area contributed by atoms with Gasteiger partial charge in [0.05, 0.1) is 11.1 Å². The highest BCUT2D eigenvalue weighted by Crippen LogP contribution is 2.20. The predicted molar refractivity (Wildman–Crippen MR) is 93.9 cm³/mol. The standard InChI is InChI=1S/C21H14F2O4/c1-13-5-4-6-16(9-13)26-20(24)18-7-2-3-8-19(18)21(25)27-17-11-14(22)10-15(23)12-17/h2-12H,1H3. The summed E-state index contributed by atoms with van der Waals surface area (Å²) < 4.78 is 36.8. The van der Waals surface area contributed by atoms with Crippen LogP contribution in [-0.2, 0) is 0 Å². The number of carbonyl (C=O) groups excluding carboxylic acids is 2. The fraction of sp³-hybridized carbons (Fsp3) is 0.0476. The number of carbonyl (C=O) groups is 2. The van der Waals surface area contributed by atoms with Crippen LogP contribution in [0, 0.1) is 18.6 Å². The maximum absolute atomic E-state index is 13.3. The number of halogens is 2. The molecule has 0 N–H and O–H groups in total. The molecule has 6 heteroatoms. The van der Waals surface area contributed by atoms with Gasteiger partial charge in [0.25, 0.3) is 0 Å². The first-order valence-electron chi connectivity index (χ1n) is 7.98. The lowest BCUT2D eigenvalue weighted by Crippen LogP contribution is -2.17. The highest BCUT2D eigenvalue weighted by atomic mass is 19.1. The molecule has 0 aliphatic carbocycles. The van der Waals surface area contributed by atoms with Crippen LogP contribution in [0.4, 0.5) is 8.78 Å². The SMILES string of the molecule is Cc1cccc(OC(=O)c2ccccc2C(=O)Oc2cc(F)cc(F)c2)c1. The highest BCUT2D eigenvalue weighted by molar-refractivity contribution is 6.04. The van der Waals surface area contributed by atoms with E-state index < -0.39 is 23.6 Å². The number of benzene rings is 3. The molecule has 0 aliphatic rings. The van der Waals surface area contributed by atoms with E-state index >= 15 is 0 Å². The number of hydrogen-bond donors (Lipinski definition) is 0. The lowest BCUT2D eigenvalue weighted by molar-refractivity contribution is 0.0691. The van der Waals surface area contributed by atoms with Crippen molar-refractivity contribution in [2.75, 3.05) is 0 Å². The molecule has 0 unspecified atom stereocenters. The van der Waals surface area contributed by atoms with Gasteiger partial charge >= 0.3 is 11.9 Å². The minimum atomic E-state index is -0.934. The van der Waals surface area contributed by atoms with Crippen LogP contribution in [0.1, 0.15) is 26.3 Å². The minimum Gasteiger partial charge on any atom is -0.423 e. The van der Waals surface area contributed by atoms with Crippen molar-refractivity contribution in [1.82, 2.24) is 0 Å². The van der Waals surface area contributed by atoms with Crippen LogP contribution in [0.2, 0.25) is 0 Å². The van der Waals surface area contributed by atoms with Crippen LogP contribution < -0.4 is 9.47 Å². The van der Waals surface area contributed by atoms with E-state index in [0.717, 1.165) is 17.7 Å². The van der Waals surface area contributed by atoms with Crippen LogP contribution in [0.3, 0.4) is 0 Å². The van der Waals surface area contributed by atoms with E-state index in [1.165, 1.54) is 18.2 Å². The van der Waals surface area contributed by atoms with Crippen LogP contribution in [0.15, 0.2) is 66.7 Å². The van der Waals surface area contributed by atoms with E-state index in [0.29, 0.717) is 11.8 Å². The van der Waals surface area contributed by atoms with E-state index in [1.54, 1.807) is 24.3 Å². The molecule has 0 amide bonds. The first-order valence-corrected chi connectivity index (χ1v) is 7.98. The molecule has 27 heavy (non-hydrogen) atoms. The van der Waals surface area contributed by atoms with Crippen molar-refractivity contribution in [1.29, 1.82) is 0 Å². The van der Waals surface area contributed by atoms with Crippen molar-refractivity contribution >= 4 is 11.9 Å². The second-order valence-electron chi connectivity index (χ2n) is 5.75. The zero-order valence-corrected chi connectivity index (χ0v) is 14.2. The Morgan fingerprint density at radius 1 is 0.704 bits per heavy atom. The molecule has 0 heterocycles. The van der Waals surface area contributed by atoms with Gasteiger partial charge in [-0.2, -0.15) is 0 Å². The molecule has 3 aromatic carbocycles. The molecule has 0 atom stereocenters. The third-order valence-electron chi connectivity index (χ3n) is 3.61. The summed E-state index contributed by atoms with van der Waals surface area (Å²) >= 11 is 0. The van der Waals surface area contributed by atoms with Crippen LogP contribution >= 0.6 is 0 Å². The molecule has 0 saturated carbocycles. The smallest absolute Gasteiger partial charge is 0.344 e. The van der Waals surface area contributed by atoms with Gasteiger partial charge in [-0.1, -0.05) is 24.3 Å². The van der Waals surface area contributed by atoms with Crippen LogP contribution in [0.25, 0.3) is 0 Å². The fourth-order valence-electron chi connectivity index (χ4n) is 2.43. The number of aryl methyl sites for hydroxylation is 1. The van der Waals surface area contributed by atoms with Crippen molar-refractivity contribution in [3.8, 4) is 11.5 Å². The molecule has 3 aromatic rings. The topological polar surface area (TPSA) is 52.6 Å². The van der Waals surface area contributed by atoms with Gasteiger partial charge in [0.15, 0.2) is 0 Å². The van der Waals surface area contributed by atoms with E-state index in [-0.39, 0.29) is 16.9 Å². The second-order valence-corrected chi connectivity index (χ2v) is 5.75. The Labute approximate surface area is 154 Å². The summed E-state index contributed by atoms with van der Waals surface area (Å²) in [6.45, 7) is 1.85. The summed E-state index contributed by atoms with van der Waals surface area (Å²) in [6.07, 6.45) is 0. The third kappa shape index (κ3) is 4.55. The van der Waals surface area contributed by atoms with E-state index in [9.17, 15) is 18.4 Å². The Kier molecular flexibility index (Phi) is 5.26. The zero-order valence-electron chi connectivity index (χ0n) is 14.2. The molecule has 136 valence electrons. The van der Waals surface area contributed by atoms with Crippen molar-refractivity contribution in [2.24, 2.45) is 0 Å². The predicted octanol–water partition coefficient (Wildman–Crippen LogP) is 4.71. The van der Waals surface area contributed by atoms with Crippen molar-refractivity contribution in [3.05, 3.63) is 95.1 Å². The Morgan fingerprint density at radius 2 is 1.26 bits per heavy atom. The normalized spacial score (nSPS) is 10.3. The highest BCUT2D eigenvalue weighted by Gasteiger charge is 2.20. The molecule has 4 nitrogen and oxygen atoms in total. The molecular weight excluding hydrogens is 354 g/mol. The average Bonchev–Trinajstić information content (AvgIpc) is 2.60. The Bertz CT molecular complexity index is 994. The summed E-state index contributed by atoms with van der Waals surface area (Å²) in [5.41, 5.74) is 0.793. The lowest BCUT2D eigenvalue weighted by Gasteiger charge is -2.10. The maximum atomic E-state index is 13.3. The Morgan fingerprint density at radius 3 is 1.81 bits per heavy atom. The summed E-state index contributed by atoms with van der Waals surface area (Å²) in [6, 6.07) is 15.1. The first kappa shape index (κ1) is 18.3. The van der Waals surface area contributed by atoms with Gasteiger partial charge in [0.2, 0.25) is 0 Å². The quantitative estimate of drug-likeness (QED) is 0.494. The van der Waals surface area contributed by atoms with Gasteiger partial charge in [0, 0.05) is 18.2 Å². The van der Waals surface area contributed by atoms with Gasteiger partial charge in [-0.05, 0) is 36.8 Å². The first-order chi connectivity index (χ1) is 12.9. The number of esters is 2. The Balaban J connectivity index is 1.84. The molecule has 0 aromatic heterocycles. The van der Waals surface area contributed by atoms with Gasteiger partial charge in [0.1, 0.15) is 23.1 Å². The van der Waals surface area contributed by atoms with E-state index in [2.05, 4.69) is 0 Å². The molecular formula is C21H14F2O4. The molecule has 0 radical (unpaired) electrons. The van der Waals surface area contributed by atoms with Crippen molar-refractivity contribution in [3.63, 3.8) is 0 Å². The average molecular weight is 368 g/mol. The zero-order chi connectivity index (χ0) is 19.4. The molecule has 3 rings (SSSR count). The maximum Gasteiger partial charge on any atom is 0.344 e. The van der Waals surface area contributed by atoms with Crippen LogP contribution in [0.5, 0.6) is 11.5 Å². The van der Waals surface area contributed by atoms with E-state index in [4.69, 9.17) is 9.47 Å². The monoisotopic (exact) mass is 368 g/mol. The number of hydrogen-bond acceptors (Lipinski definition) is 4. The summed E-state index contributed by atoms with van der Waals surface area (Å²) in [7, 11) is 0. The van der Waals surface area contributed by atoms with Crippen molar-refractivity contribution in [2.45, 2.75) is 6.92 Å². The Hall–Kier alpha value is -3.54. The van der Waals surface area contributed by atoms with E-state index in [1.807, 2.05) is 13.0 Å². The van der Waals surface area contributed by atoms with Crippen LogP contribution in [-0.4, -0.2) is 11.9 Å². The fourth-order valence-corrected chi connectivity index (χ4v) is 2.43. The summed E-state index contributed by atoms with van der Waals surface area (Å²) in [5, 5.41) is 0. The third-order valence-corrected chi connectivity index (χ3v) is 3.61. The largest absolute Gasteiger partial charge is 0.423 e. The number of rotatable bonds is 4. The molecule has 0 bridgehead atoms. The molecule has 0 aliphatic heterocycles. The molecule has 0 fully saturated rings. The molecule has 0 saturated heterocycles. The van der Waals surface area contributed by atoms with Gasteiger partial charge in [-0.15, -0.1) is 0 Å². The molecule has 0 spiro atoms. The lowest BCUT2D eigenvalue weighted by atomic mass is 10.1. The van der Waals surface area contributed by atoms with Gasteiger partial charge < -0.3 is 9.47 Å². The second kappa shape index (κ2) is 7.78.